The zero-order valence-electron chi connectivity index (χ0n) is 7.22. The lowest BCUT2D eigenvalue weighted by Gasteiger charge is -2.11. The second-order valence-electron chi connectivity index (χ2n) is 3.39. The van der Waals surface area contributed by atoms with Gasteiger partial charge in [0.25, 0.3) is 0 Å². The Balaban J connectivity index is 2.31. The van der Waals surface area contributed by atoms with Gasteiger partial charge in [0, 0.05) is 11.7 Å². The Hall–Kier alpha value is -0.980. The van der Waals surface area contributed by atoms with Gasteiger partial charge in [-0.15, -0.1) is 0 Å². The van der Waals surface area contributed by atoms with Gasteiger partial charge in [0.1, 0.15) is 0 Å². The maximum atomic E-state index is 4.05. The average Bonchev–Trinajstić information content (AvgIpc) is 2.25. The summed E-state index contributed by atoms with van der Waals surface area (Å²) in [5.74, 6) is 0. The molecule has 1 N–H and O–H groups in total. The van der Waals surface area contributed by atoms with Crippen LogP contribution in [0.15, 0.2) is 24.3 Å². The molecule has 1 atom stereocenters. The molecule has 0 spiro atoms. The molecule has 1 aliphatic rings. The van der Waals surface area contributed by atoms with E-state index in [0.29, 0.717) is 6.04 Å². The topological polar surface area (TPSA) is 12.0 Å². The van der Waals surface area contributed by atoms with E-state index in [1.54, 1.807) is 0 Å². The van der Waals surface area contributed by atoms with E-state index in [9.17, 15) is 0 Å². The van der Waals surface area contributed by atoms with Gasteiger partial charge < -0.3 is 5.32 Å². The zero-order chi connectivity index (χ0) is 8.39. The summed E-state index contributed by atoms with van der Waals surface area (Å²) in [7, 11) is 0. The van der Waals surface area contributed by atoms with Gasteiger partial charge in [-0.25, -0.2) is 0 Å². The molecule has 0 fully saturated rings. The fraction of sp³-hybridized carbons (Fsp3) is 0.364. The van der Waals surface area contributed by atoms with Crippen molar-refractivity contribution in [1.29, 1.82) is 0 Å². The van der Waals surface area contributed by atoms with Gasteiger partial charge in [-0.3, -0.25) is 0 Å². The molecule has 0 saturated carbocycles. The minimum absolute atomic E-state index is 0.383. The summed E-state index contributed by atoms with van der Waals surface area (Å²) in [4.78, 5) is 0. The first-order valence-electron chi connectivity index (χ1n) is 4.54. The van der Waals surface area contributed by atoms with Gasteiger partial charge in [0.2, 0.25) is 0 Å². The van der Waals surface area contributed by atoms with Crippen LogP contribution in [-0.2, 0) is 6.42 Å². The highest BCUT2D eigenvalue weighted by molar-refractivity contribution is 5.52. The predicted octanol–water partition coefficient (Wildman–Crippen LogP) is 2.64. The van der Waals surface area contributed by atoms with Crippen molar-refractivity contribution in [3.05, 3.63) is 36.8 Å². The largest absolute Gasteiger partial charge is 0.382 e. The van der Waals surface area contributed by atoms with E-state index >= 15 is 0 Å². The molecule has 0 saturated heterocycles. The second kappa shape index (κ2) is 3.18. The number of hydrogen-bond donors (Lipinski definition) is 1. The Morgan fingerprint density at radius 3 is 3.08 bits per heavy atom. The molecule has 1 aromatic carbocycles. The highest BCUT2D eigenvalue weighted by atomic mass is 14.9. The highest BCUT2D eigenvalue weighted by Gasteiger charge is 2.10. The van der Waals surface area contributed by atoms with Crippen molar-refractivity contribution in [1.82, 2.24) is 0 Å². The zero-order valence-corrected chi connectivity index (χ0v) is 7.22. The first kappa shape index (κ1) is 7.66. The van der Waals surface area contributed by atoms with Crippen LogP contribution in [0.2, 0.25) is 0 Å². The van der Waals surface area contributed by atoms with Crippen molar-refractivity contribution in [2.24, 2.45) is 0 Å². The lowest BCUT2D eigenvalue weighted by molar-refractivity contribution is 0.713. The van der Waals surface area contributed by atoms with Crippen LogP contribution >= 0.6 is 0 Å². The quantitative estimate of drug-likeness (QED) is 0.615. The molecule has 1 heterocycles. The second-order valence-corrected chi connectivity index (χ2v) is 3.39. The Labute approximate surface area is 73.8 Å². The van der Waals surface area contributed by atoms with Crippen LogP contribution in [0.3, 0.4) is 0 Å². The fourth-order valence-corrected chi connectivity index (χ4v) is 1.71. The van der Waals surface area contributed by atoms with E-state index < -0.39 is 0 Å². The van der Waals surface area contributed by atoms with Crippen LogP contribution in [0.5, 0.6) is 0 Å². The normalized spacial score (nSPS) is 22.2. The number of rotatable bonds is 0. The number of aryl methyl sites for hydroxylation is 1. The molecule has 1 nitrogen and oxygen atoms in total. The van der Waals surface area contributed by atoms with Gasteiger partial charge in [-0.2, -0.15) is 0 Å². The first-order valence-corrected chi connectivity index (χ1v) is 4.54. The van der Waals surface area contributed by atoms with Crippen LogP contribution in [0.25, 0.3) is 0 Å². The number of anilines is 1. The lowest BCUT2D eigenvalue weighted by Crippen LogP contribution is -2.13. The maximum Gasteiger partial charge on any atom is 0.0374 e. The molecule has 1 unspecified atom stereocenters. The number of para-hydroxylation sites is 1. The molecule has 0 amide bonds. The number of nitrogens with one attached hydrogen (secondary N) is 1. The molecule has 2 rings (SSSR count). The van der Waals surface area contributed by atoms with E-state index in [1.807, 2.05) is 0 Å². The third kappa shape index (κ3) is 1.45. The molecule has 63 valence electrons. The van der Waals surface area contributed by atoms with Gasteiger partial charge in [0.05, 0.1) is 0 Å². The molecule has 0 aromatic heterocycles. The Morgan fingerprint density at radius 2 is 2.17 bits per heavy atom. The Bertz CT molecular complexity index is 267. The van der Waals surface area contributed by atoms with Crippen molar-refractivity contribution in [3.63, 3.8) is 0 Å². The first-order chi connectivity index (χ1) is 5.86. The standard InChI is InChI=1S/C11H14N/c1-9-5-4-7-10-6-2-3-8-11(10)12-9/h2-3,6,8-9,12H,1,4-5,7H2. The van der Waals surface area contributed by atoms with Crippen molar-refractivity contribution < 1.29 is 0 Å². The van der Waals surface area contributed by atoms with E-state index in [4.69, 9.17) is 0 Å². The van der Waals surface area contributed by atoms with Crippen molar-refractivity contribution in [2.45, 2.75) is 25.3 Å². The molecular formula is C11H14N. The van der Waals surface area contributed by atoms with E-state index in [-0.39, 0.29) is 0 Å². The summed E-state index contributed by atoms with van der Waals surface area (Å²) in [6.45, 7) is 4.05. The fourth-order valence-electron chi connectivity index (χ4n) is 1.71. The van der Waals surface area contributed by atoms with Crippen LogP contribution in [0.4, 0.5) is 5.69 Å². The molecule has 0 aliphatic carbocycles. The van der Waals surface area contributed by atoms with Crippen molar-refractivity contribution >= 4 is 5.69 Å². The summed E-state index contributed by atoms with van der Waals surface area (Å²) in [5.41, 5.74) is 2.71. The average molecular weight is 160 g/mol. The van der Waals surface area contributed by atoms with Crippen LogP contribution < -0.4 is 5.32 Å². The molecule has 1 heteroatoms. The van der Waals surface area contributed by atoms with Crippen LogP contribution in [-0.4, -0.2) is 6.04 Å². The van der Waals surface area contributed by atoms with Crippen LogP contribution in [0, 0.1) is 6.92 Å². The smallest absolute Gasteiger partial charge is 0.0374 e. The lowest BCUT2D eigenvalue weighted by atomic mass is 10.1. The van der Waals surface area contributed by atoms with Gasteiger partial charge in [-0.05, 0) is 37.8 Å². The Kier molecular flexibility index (Phi) is 2.03. The Morgan fingerprint density at radius 1 is 1.33 bits per heavy atom. The molecular weight excluding hydrogens is 146 g/mol. The number of benzene rings is 1. The summed E-state index contributed by atoms with van der Waals surface area (Å²) in [5, 5.41) is 3.41. The molecule has 12 heavy (non-hydrogen) atoms. The van der Waals surface area contributed by atoms with Crippen molar-refractivity contribution in [3.8, 4) is 0 Å². The number of fused-ring (bicyclic) bond motifs is 1. The monoisotopic (exact) mass is 160 g/mol. The van der Waals surface area contributed by atoms with E-state index in [1.165, 1.54) is 30.5 Å². The maximum absolute atomic E-state index is 4.05. The number of hydrogen-bond acceptors (Lipinski definition) is 1. The molecule has 1 aliphatic heterocycles. The van der Waals surface area contributed by atoms with Crippen molar-refractivity contribution in [2.75, 3.05) is 5.32 Å². The van der Waals surface area contributed by atoms with Gasteiger partial charge >= 0.3 is 0 Å². The highest BCUT2D eigenvalue weighted by Crippen LogP contribution is 2.22. The minimum atomic E-state index is 0.383. The molecule has 1 radical (unpaired) electrons. The minimum Gasteiger partial charge on any atom is -0.382 e. The van der Waals surface area contributed by atoms with E-state index in [0.717, 1.165) is 0 Å². The summed E-state index contributed by atoms with van der Waals surface area (Å²) in [6, 6.07) is 8.89. The molecule has 0 bridgehead atoms. The third-order valence-electron chi connectivity index (χ3n) is 2.38. The summed E-state index contributed by atoms with van der Waals surface area (Å²) < 4.78 is 0. The third-order valence-corrected chi connectivity index (χ3v) is 2.38. The SMILES string of the molecule is [CH2]C1CCCc2ccccc2N1. The van der Waals surface area contributed by atoms with E-state index in [2.05, 4.69) is 36.5 Å². The predicted molar refractivity (Wildman–Crippen MR) is 52.1 cm³/mol. The summed E-state index contributed by atoms with van der Waals surface area (Å²) in [6.07, 6.45) is 3.61. The molecule has 1 aromatic rings. The summed E-state index contributed by atoms with van der Waals surface area (Å²) >= 11 is 0. The van der Waals surface area contributed by atoms with Crippen LogP contribution in [0.1, 0.15) is 18.4 Å². The van der Waals surface area contributed by atoms with Gasteiger partial charge in [0.15, 0.2) is 0 Å². The van der Waals surface area contributed by atoms with Gasteiger partial charge in [-0.1, -0.05) is 18.2 Å².